The Kier molecular flexibility index (Phi) is 11.9. The lowest BCUT2D eigenvalue weighted by atomic mass is 9.94. The van der Waals surface area contributed by atoms with Gasteiger partial charge in [0.2, 0.25) is 0 Å². The van der Waals surface area contributed by atoms with E-state index in [0.717, 1.165) is 64.2 Å². The number of aliphatic hydroxyl groups is 1. The van der Waals surface area contributed by atoms with E-state index in [4.69, 9.17) is 14.2 Å². The van der Waals surface area contributed by atoms with Crippen LogP contribution in [0.2, 0.25) is 0 Å². The van der Waals surface area contributed by atoms with E-state index in [-0.39, 0.29) is 48.2 Å². The third kappa shape index (κ3) is 9.17. The fourth-order valence-electron chi connectivity index (χ4n) is 4.69. The monoisotopic (exact) mass is 542 g/mol. The highest BCUT2D eigenvalue weighted by Gasteiger charge is 2.33. The lowest BCUT2D eigenvalue weighted by Crippen LogP contribution is -2.31. The Labute approximate surface area is 230 Å². The normalized spacial score (nSPS) is 16.3. The zero-order valence-corrected chi connectivity index (χ0v) is 23.1. The molecule has 0 saturated carbocycles. The van der Waals surface area contributed by atoms with Gasteiger partial charge in [0.15, 0.2) is 11.5 Å². The molecule has 8 nitrogen and oxygen atoms in total. The standard InChI is InChI=1S/C31H42O8/c1-3-5-7-9-11-13-29(35)37-22-18-27(38-30(36)14-12-10-8-6-4-2)23-20-26(34)31(39-28(23)19-22)21-15-16-24(32)25(33)17-21/h15-19,26,31-34H,3-14,20H2,1-2H3/t26-,31-/m0/s1. The predicted molar refractivity (Wildman–Crippen MR) is 147 cm³/mol. The Bertz CT molecular complexity index is 1100. The van der Waals surface area contributed by atoms with E-state index in [9.17, 15) is 24.9 Å². The molecule has 3 N–H and O–H groups in total. The van der Waals surface area contributed by atoms with Crippen molar-refractivity contribution in [1.29, 1.82) is 0 Å². The summed E-state index contributed by atoms with van der Waals surface area (Å²) < 4.78 is 17.4. The largest absolute Gasteiger partial charge is 0.504 e. The molecule has 0 unspecified atom stereocenters. The van der Waals surface area contributed by atoms with E-state index >= 15 is 0 Å². The summed E-state index contributed by atoms with van der Waals surface area (Å²) in [6.45, 7) is 4.27. The van der Waals surface area contributed by atoms with E-state index < -0.39 is 18.2 Å². The molecule has 0 radical (unpaired) electrons. The third-order valence-corrected chi connectivity index (χ3v) is 6.91. The number of carbonyl (C=O) groups excluding carboxylic acids is 2. The molecule has 0 fully saturated rings. The smallest absolute Gasteiger partial charge is 0.311 e. The molecule has 0 aliphatic carbocycles. The zero-order chi connectivity index (χ0) is 28.2. The van der Waals surface area contributed by atoms with E-state index in [2.05, 4.69) is 13.8 Å². The Hall–Kier alpha value is -3.26. The summed E-state index contributed by atoms with van der Waals surface area (Å²) in [6, 6.07) is 7.27. The van der Waals surface area contributed by atoms with Gasteiger partial charge in [-0.25, -0.2) is 0 Å². The van der Waals surface area contributed by atoms with Crippen molar-refractivity contribution in [3.05, 3.63) is 41.5 Å². The van der Waals surface area contributed by atoms with Gasteiger partial charge in [0.25, 0.3) is 0 Å². The number of carbonyl (C=O) groups is 2. The van der Waals surface area contributed by atoms with Crippen molar-refractivity contribution in [3.8, 4) is 28.7 Å². The van der Waals surface area contributed by atoms with Gasteiger partial charge in [-0.05, 0) is 30.5 Å². The number of unbranched alkanes of at least 4 members (excludes halogenated alkanes) is 8. The summed E-state index contributed by atoms with van der Waals surface area (Å²) in [7, 11) is 0. The number of fused-ring (bicyclic) bond motifs is 1. The molecule has 0 aromatic heterocycles. The molecule has 214 valence electrons. The molecule has 8 heteroatoms. The summed E-state index contributed by atoms with van der Waals surface area (Å²) in [5.41, 5.74) is 0.962. The van der Waals surface area contributed by atoms with Gasteiger partial charge in [-0.15, -0.1) is 0 Å². The third-order valence-electron chi connectivity index (χ3n) is 6.91. The van der Waals surface area contributed by atoms with Gasteiger partial charge in [-0.3, -0.25) is 9.59 Å². The van der Waals surface area contributed by atoms with Crippen LogP contribution in [0.1, 0.15) is 108 Å². The molecule has 2 aromatic carbocycles. The van der Waals surface area contributed by atoms with Crippen LogP contribution < -0.4 is 14.2 Å². The first kappa shape index (κ1) is 30.3. The topological polar surface area (TPSA) is 123 Å². The maximum Gasteiger partial charge on any atom is 0.311 e. The number of hydrogen-bond donors (Lipinski definition) is 3. The Morgan fingerprint density at radius 3 is 2.05 bits per heavy atom. The molecular formula is C31H42O8. The van der Waals surface area contributed by atoms with E-state index in [1.54, 1.807) is 12.1 Å². The molecule has 1 aliphatic heterocycles. The van der Waals surface area contributed by atoms with Gasteiger partial charge in [-0.2, -0.15) is 0 Å². The second kappa shape index (κ2) is 15.4. The van der Waals surface area contributed by atoms with Crippen LogP contribution >= 0.6 is 0 Å². The lowest BCUT2D eigenvalue weighted by Gasteiger charge is -2.32. The molecular weight excluding hydrogens is 500 g/mol. The Morgan fingerprint density at radius 2 is 1.44 bits per heavy atom. The van der Waals surface area contributed by atoms with Crippen molar-refractivity contribution in [3.63, 3.8) is 0 Å². The fourth-order valence-corrected chi connectivity index (χ4v) is 4.69. The van der Waals surface area contributed by atoms with Crippen molar-refractivity contribution < 1.29 is 39.1 Å². The number of ether oxygens (including phenoxy) is 3. The number of rotatable bonds is 15. The molecule has 0 bridgehead atoms. The van der Waals surface area contributed by atoms with Gasteiger partial charge in [0.05, 0.1) is 6.10 Å². The van der Waals surface area contributed by atoms with Crippen LogP contribution in [0.4, 0.5) is 0 Å². The summed E-state index contributed by atoms with van der Waals surface area (Å²) in [5, 5.41) is 30.5. The fraction of sp³-hybridized carbons (Fsp3) is 0.548. The number of aromatic hydroxyl groups is 2. The molecule has 2 atom stereocenters. The predicted octanol–water partition coefficient (Wildman–Crippen LogP) is 6.67. The first-order chi connectivity index (χ1) is 18.8. The van der Waals surface area contributed by atoms with E-state index in [1.807, 2.05) is 0 Å². The molecule has 0 saturated heterocycles. The summed E-state index contributed by atoms with van der Waals surface area (Å²) in [6.07, 6.45) is 8.80. The number of phenols is 2. The minimum absolute atomic E-state index is 0.117. The highest BCUT2D eigenvalue weighted by atomic mass is 16.6. The average Bonchev–Trinajstić information content (AvgIpc) is 2.90. The Morgan fingerprint density at radius 1 is 0.821 bits per heavy atom. The summed E-state index contributed by atoms with van der Waals surface area (Å²) in [4.78, 5) is 25.2. The first-order valence-electron chi connectivity index (χ1n) is 14.3. The van der Waals surface area contributed by atoms with Crippen molar-refractivity contribution >= 4 is 11.9 Å². The zero-order valence-electron chi connectivity index (χ0n) is 23.1. The second-order valence-electron chi connectivity index (χ2n) is 10.2. The highest BCUT2D eigenvalue weighted by molar-refractivity contribution is 5.75. The summed E-state index contributed by atoms with van der Waals surface area (Å²) in [5.74, 6) is -0.674. The van der Waals surface area contributed by atoms with Gasteiger partial charge < -0.3 is 29.5 Å². The van der Waals surface area contributed by atoms with E-state index in [1.165, 1.54) is 18.2 Å². The molecule has 0 amide bonds. The van der Waals surface area contributed by atoms with Gasteiger partial charge in [-0.1, -0.05) is 71.3 Å². The Balaban J connectivity index is 1.78. The van der Waals surface area contributed by atoms with Crippen LogP contribution in [-0.4, -0.2) is 33.4 Å². The van der Waals surface area contributed by atoms with Crippen molar-refractivity contribution in [2.75, 3.05) is 0 Å². The van der Waals surface area contributed by atoms with E-state index in [0.29, 0.717) is 16.9 Å². The maximum absolute atomic E-state index is 12.6. The summed E-state index contributed by atoms with van der Waals surface area (Å²) >= 11 is 0. The number of hydrogen-bond acceptors (Lipinski definition) is 8. The average molecular weight is 543 g/mol. The van der Waals surface area contributed by atoms with Crippen LogP contribution in [0.5, 0.6) is 28.7 Å². The van der Waals surface area contributed by atoms with Crippen molar-refractivity contribution in [1.82, 2.24) is 0 Å². The quantitative estimate of drug-likeness (QED) is 0.0987. The van der Waals surface area contributed by atoms with Crippen LogP contribution in [-0.2, 0) is 16.0 Å². The number of phenolic OH excluding ortho intramolecular Hbond substituents is 2. The number of aliphatic hydroxyl groups excluding tert-OH is 1. The van der Waals surface area contributed by atoms with Crippen LogP contribution in [0.25, 0.3) is 0 Å². The van der Waals surface area contributed by atoms with Crippen LogP contribution in [0, 0.1) is 0 Å². The van der Waals surface area contributed by atoms with Gasteiger partial charge in [0, 0.05) is 37.0 Å². The molecule has 2 aromatic rings. The van der Waals surface area contributed by atoms with Gasteiger partial charge >= 0.3 is 11.9 Å². The molecule has 39 heavy (non-hydrogen) atoms. The van der Waals surface area contributed by atoms with Crippen molar-refractivity contribution in [2.45, 2.75) is 110 Å². The molecule has 3 rings (SSSR count). The van der Waals surface area contributed by atoms with Crippen LogP contribution in [0.3, 0.4) is 0 Å². The number of esters is 2. The minimum Gasteiger partial charge on any atom is -0.504 e. The maximum atomic E-state index is 12.6. The second-order valence-corrected chi connectivity index (χ2v) is 10.2. The molecule has 1 aliphatic rings. The SMILES string of the molecule is CCCCCCCC(=O)Oc1cc(OC(=O)CCCCCCC)c2c(c1)O[C@@H](c1ccc(O)c(O)c1)[C@@H](O)C2. The lowest BCUT2D eigenvalue weighted by molar-refractivity contribution is -0.135. The first-order valence-corrected chi connectivity index (χ1v) is 14.3. The van der Waals surface area contributed by atoms with Crippen molar-refractivity contribution in [2.24, 2.45) is 0 Å². The molecule has 1 heterocycles. The van der Waals surface area contributed by atoms with Gasteiger partial charge in [0.1, 0.15) is 23.4 Å². The number of benzene rings is 2. The minimum atomic E-state index is -1.01. The molecule has 0 spiro atoms. The van der Waals surface area contributed by atoms with Crippen LogP contribution in [0.15, 0.2) is 30.3 Å². The highest BCUT2D eigenvalue weighted by Crippen LogP contribution is 2.43.